The van der Waals surface area contributed by atoms with Crippen LogP contribution in [0.15, 0.2) is 65.8 Å². The van der Waals surface area contributed by atoms with E-state index in [1.165, 1.54) is 16.7 Å². The molecule has 1 aromatic carbocycles. The van der Waals surface area contributed by atoms with Gasteiger partial charge in [0.25, 0.3) is 0 Å². The van der Waals surface area contributed by atoms with Crippen LogP contribution in [-0.2, 0) is 0 Å². The Morgan fingerprint density at radius 1 is 0.875 bits per heavy atom. The van der Waals surface area contributed by atoms with Crippen LogP contribution in [0.3, 0.4) is 0 Å². The van der Waals surface area contributed by atoms with Gasteiger partial charge < -0.3 is 0 Å². The molecule has 3 rings (SSSR count). The van der Waals surface area contributed by atoms with E-state index in [9.17, 15) is 0 Å². The molecule has 2 bridgehead atoms. The highest BCUT2D eigenvalue weighted by molar-refractivity contribution is 5.60. The van der Waals surface area contributed by atoms with Crippen LogP contribution < -0.4 is 17.2 Å². The van der Waals surface area contributed by atoms with Gasteiger partial charge in [0.2, 0.25) is 0 Å². The van der Waals surface area contributed by atoms with Crippen molar-refractivity contribution in [2.24, 2.45) is 11.7 Å². The summed E-state index contributed by atoms with van der Waals surface area (Å²) in [6, 6.07) is 10.7. The van der Waals surface area contributed by atoms with Crippen molar-refractivity contribution in [2.75, 3.05) is 0 Å². The molecule has 0 heterocycles. The van der Waals surface area contributed by atoms with Crippen LogP contribution in [0.5, 0.6) is 0 Å². The number of allylic oxidation sites excluding steroid dienone is 6. The molecule has 5 N–H and O–H groups in total. The fourth-order valence-corrected chi connectivity index (χ4v) is 2.10. The summed E-state index contributed by atoms with van der Waals surface area (Å²) in [7, 11) is 0. The average Bonchev–Trinajstić information content (AvgIpc) is 2.90. The van der Waals surface area contributed by atoms with E-state index in [4.69, 9.17) is 0 Å². The van der Waals surface area contributed by atoms with Gasteiger partial charge >= 0.3 is 0 Å². The number of benzene rings is 1. The predicted octanol–water partition coefficient (Wildman–Crippen LogP) is 1.53. The van der Waals surface area contributed by atoms with E-state index >= 15 is 0 Å². The smallest absolute Gasteiger partial charge is 0.0339 e. The van der Waals surface area contributed by atoms with Gasteiger partial charge in [-0.25, -0.2) is 0 Å². The minimum absolute atomic E-state index is 0.529. The van der Waals surface area contributed by atoms with Crippen molar-refractivity contribution < 1.29 is 0 Å². The second-order valence-corrected chi connectivity index (χ2v) is 3.68. The number of hydrogen-bond donors (Lipinski definition) is 3. The molecule has 0 radical (unpaired) electrons. The zero-order valence-corrected chi connectivity index (χ0v) is 8.93. The van der Waals surface area contributed by atoms with Gasteiger partial charge in [-0.15, -0.1) is 0 Å². The van der Waals surface area contributed by atoms with Crippen molar-refractivity contribution in [3.8, 4) is 0 Å². The lowest BCUT2D eigenvalue weighted by Crippen LogP contribution is -2.29. The zero-order valence-electron chi connectivity index (χ0n) is 8.93. The molecule has 3 nitrogen and oxygen atoms in total. The summed E-state index contributed by atoms with van der Waals surface area (Å²) in [5.41, 5.74) is 6.02. The molecule has 82 valence electrons. The highest BCUT2D eigenvalue weighted by Gasteiger charge is 2.25. The lowest BCUT2D eigenvalue weighted by atomic mass is 9.93. The van der Waals surface area contributed by atoms with E-state index in [1.54, 1.807) is 5.53 Å². The van der Waals surface area contributed by atoms with Gasteiger partial charge in [0.1, 0.15) is 0 Å². The van der Waals surface area contributed by atoms with Gasteiger partial charge in [-0.2, -0.15) is 5.53 Å². The van der Waals surface area contributed by atoms with Crippen molar-refractivity contribution >= 4 is 0 Å². The van der Waals surface area contributed by atoms with Crippen molar-refractivity contribution in [1.29, 1.82) is 0 Å². The third-order valence-electron chi connectivity index (χ3n) is 2.74. The fourth-order valence-electron chi connectivity index (χ4n) is 2.10. The summed E-state index contributed by atoms with van der Waals surface area (Å²) in [6.07, 6.45) is 8.86. The topological polar surface area (TPSA) is 64.1 Å². The minimum Gasteiger partial charge on any atom is -0.258 e. The monoisotopic (exact) mass is 213 g/mol. The molecule has 0 unspecified atom stereocenters. The molecule has 2 aliphatic rings. The molecule has 0 aromatic heterocycles. The normalized spacial score (nSPS) is 16.6. The van der Waals surface area contributed by atoms with E-state index in [0.29, 0.717) is 5.92 Å². The predicted molar refractivity (Wildman–Crippen MR) is 66.0 cm³/mol. The number of hydrazine groups is 2. The molecule has 2 aliphatic carbocycles. The van der Waals surface area contributed by atoms with Crippen molar-refractivity contribution in [3.05, 3.63) is 71.3 Å². The molecular weight excluding hydrogens is 198 g/mol. The number of fused-ring (bicyclic) bond motifs is 2. The summed E-state index contributed by atoms with van der Waals surface area (Å²) in [5.74, 6) is 9.28. The number of hydrogen-bond acceptors (Lipinski definition) is 3. The second kappa shape index (κ2) is 4.90. The van der Waals surface area contributed by atoms with Crippen molar-refractivity contribution in [1.82, 2.24) is 5.53 Å². The molecule has 0 fully saturated rings. The minimum atomic E-state index is 0.529. The Morgan fingerprint density at radius 3 is 1.81 bits per heavy atom. The third-order valence-corrected chi connectivity index (χ3v) is 2.74. The largest absolute Gasteiger partial charge is 0.258 e. The maximum Gasteiger partial charge on any atom is 0.0339 e. The van der Waals surface area contributed by atoms with E-state index in [2.05, 4.69) is 66.3 Å². The van der Waals surface area contributed by atoms with E-state index in [1.807, 2.05) is 0 Å². The first kappa shape index (κ1) is 10.8. The first-order chi connectivity index (χ1) is 7.86. The summed E-state index contributed by atoms with van der Waals surface area (Å²) in [5, 5.41) is 0. The number of nitrogens with two attached hydrogens (primary N) is 2. The fraction of sp³-hybridized carbons (Fsp3) is 0.0769. The van der Waals surface area contributed by atoms with Gasteiger partial charge in [0.05, 0.1) is 0 Å². The molecule has 16 heavy (non-hydrogen) atoms. The van der Waals surface area contributed by atoms with Gasteiger partial charge in [0, 0.05) is 5.92 Å². The van der Waals surface area contributed by atoms with Crippen LogP contribution in [-0.4, -0.2) is 0 Å². The van der Waals surface area contributed by atoms with Gasteiger partial charge in [-0.1, -0.05) is 54.6 Å². The Kier molecular flexibility index (Phi) is 3.31. The molecular formula is C13H15N3. The summed E-state index contributed by atoms with van der Waals surface area (Å²) in [6.45, 7) is 0. The molecule has 1 aromatic rings. The van der Waals surface area contributed by atoms with E-state index < -0.39 is 0 Å². The summed E-state index contributed by atoms with van der Waals surface area (Å²) >= 11 is 0. The molecule has 3 heteroatoms. The second-order valence-electron chi connectivity index (χ2n) is 3.68. The van der Waals surface area contributed by atoms with Gasteiger partial charge in [-0.3, -0.25) is 11.7 Å². The molecule has 0 saturated heterocycles. The Morgan fingerprint density at radius 2 is 1.38 bits per heavy atom. The molecule has 0 aliphatic heterocycles. The lowest BCUT2D eigenvalue weighted by molar-refractivity contribution is 0.803. The van der Waals surface area contributed by atoms with Crippen LogP contribution in [0.25, 0.3) is 0 Å². The number of rotatable bonds is 1. The van der Waals surface area contributed by atoms with E-state index in [-0.39, 0.29) is 0 Å². The highest BCUT2D eigenvalue weighted by atomic mass is 15.4. The van der Waals surface area contributed by atoms with Crippen LogP contribution in [0.1, 0.15) is 11.5 Å². The third kappa shape index (κ3) is 1.97. The summed E-state index contributed by atoms with van der Waals surface area (Å²) < 4.78 is 0. The van der Waals surface area contributed by atoms with E-state index in [0.717, 1.165) is 0 Å². The standard InChI is InChI=1S/C13H10.H5N3/c1-2-4-10(5-3-1)13-11-6-7-12(13)9-8-11;1-3-2/h1-9,13H;3H,1-2H2. The molecule has 0 amide bonds. The molecule has 0 spiro atoms. The number of nitrogens with one attached hydrogen (secondary N) is 1. The SMILES string of the molecule is C1=CC2=CC=C1C2c1ccccc1.NNN. The highest BCUT2D eigenvalue weighted by Crippen LogP contribution is 2.42. The Labute approximate surface area is 95.1 Å². The van der Waals surface area contributed by atoms with Crippen LogP contribution >= 0.6 is 0 Å². The first-order valence-electron chi connectivity index (χ1n) is 5.18. The zero-order chi connectivity index (χ0) is 11.4. The Balaban J connectivity index is 0.000000292. The maximum atomic E-state index is 4.38. The van der Waals surface area contributed by atoms with Crippen LogP contribution in [0, 0.1) is 0 Å². The molecule has 0 saturated carbocycles. The Hall–Kier alpha value is -1.68. The van der Waals surface area contributed by atoms with Gasteiger partial charge in [-0.05, 0) is 16.7 Å². The first-order valence-corrected chi connectivity index (χ1v) is 5.18. The Bertz CT molecular complexity index is 422. The summed E-state index contributed by atoms with van der Waals surface area (Å²) in [4.78, 5) is 0. The van der Waals surface area contributed by atoms with Crippen molar-refractivity contribution in [2.45, 2.75) is 5.92 Å². The van der Waals surface area contributed by atoms with Gasteiger partial charge in [0.15, 0.2) is 0 Å². The van der Waals surface area contributed by atoms with Crippen LogP contribution in [0.4, 0.5) is 0 Å². The van der Waals surface area contributed by atoms with Crippen LogP contribution in [0.2, 0.25) is 0 Å². The lowest BCUT2D eigenvalue weighted by Gasteiger charge is -2.10. The molecule has 0 atom stereocenters. The van der Waals surface area contributed by atoms with Crippen molar-refractivity contribution in [3.63, 3.8) is 0 Å². The quantitative estimate of drug-likeness (QED) is 0.489. The average molecular weight is 213 g/mol. The maximum absolute atomic E-state index is 4.38.